The fourth-order valence-electron chi connectivity index (χ4n) is 3.78. The first-order chi connectivity index (χ1) is 10.1. The molecule has 0 spiro atoms. The van der Waals surface area contributed by atoms with Crippen LogP contribution in [0.4, 0.5) is 0 Å². The molecular formula is C16H31N3O2. The Morgan fingerprint density at radius 3 is 2.57 bits per heavy atom. The Bertz CT molecular complexity index is 342. The number of hydrogen-bond donors (Lipinski definition) is 1. The van der Waals surface area contributed by atoms with Crippen molar-refractivity contribution in [3.05, 3.63) is 0 Å². The zero-order valence-electron chi connectivity index (χ0n) is 13.9. The van der Waals surface area contributed by atoms with Crippen LogP contribution in [0.5, 0.6) is 0 Å². The highest BCUT2D eigenvalue weighted by atomic mass is 16.5. The molecule has 122 valence electrons. The molecular weight excluding hydrogens is 266 g/mol. The molecule has 0 aromatic carbocycles. The molecule has 1 aliphatic carbocycles. The van der Waals surface area contributed by atoms with E-state index in [1.165, 1.54) is 13.0 Å². The lowest BCUT2D eigenvalue weighted by Gasteiger charge is -2.38. The maximum atomic E-state index is 12.3. The highest BCUT2D eigenvalue weighted by Crippen LogP contribution is 2.34. The van der Waals surface area contributed by atoms with Crippen LogP contribution in [0.2, 0.25) is 0 Å². The quantitative estimate of drug-likeness (QED) is 0.744. The number of nitrogens with one attached hydrogen (secondary N) is 1. The van der Waals surface area contributed by atoms with E-state index < -0.39 is 5.54 Å². The molecule has 0 radical (unpaired) electrons. The van der Waals surface area contributed by atoms with Gasteiger partial charge in [-0.3, -0.25) is 9.69 Å². The summed E-state index contributed by atoms with van der Waals surface area (Å²) < 4.78 is 5.28. The second kappa shape index (κ2) is 7.56. The molecule has 1 saturated heterocycles. The van der Waals surface area contributed by atoms with E-state index in [4.69, 9.17) is 4.74 Å². The standard InChI is InChI=1S/C16H31N3O2/c1-4-8-18-9-11-19(12-10-18)14-6-7-16(13-14,17-3)15(20)21-5-2/h14,17H,4-13H2,1-3H3. The Morgan fingerprint density at radius 1 is 1.29 bits per heavy atom. The number of piperazine rings is 1. The van der Waals surface area contributed by atoms with Gasteiger partial charge in [0, 0.05) is 32.2 Å². The summed E-state index contributed by atoms with van der Waals surface area (Å²) in [6.07, 6.45) is 4.10. The van der Waals surface area contributed by atoms with Gasteiger partial charge in [0.2, 0.25) is 0 Å². The van der Waals surface area contributed by atoms with Crippen LogP contribution in [0.25, 0.3) is 0 Å². The molecule has 21 heavy (non-hydrogen) atoms. The number of esters is 1. The summed E-state index contributed by atoms with van der Waals surface area (Å²) >= 11 is 0. The number of hydrogen-bond acceptors (Lipinski definition) is 5. The first-order valence-corrected chi connectivity index (χ1v) is 8.47. The summed E-state index contributed by atoms with van der Waals surface area (Å²) in [6.45, 7) is 10.4. The van der Waals surface area contributed by atoms with Gasteiger partial charge in [-0.15, -0.1) is 0 Å². The van der Waals surface area contributed by atoms with Crippen molar-refractivity contribution >= 4 is 5.97 Å². The Labute approximate surface area is 129 Å². The van der Waals surface area contributed by atoms with Crippen LogP contribution in [-0.4, -0.2) is 73.7 Å². The van der Waals surface area contributed by atoms with Gasteiger partial charge in [0.1, 0.15) is 5.54 Å². The van der Waals surface area contributed by atoms with Gasteiger partial charge in [0.25, 0.3) is 0 Å². The predicted molar refractivity (Wildman–Crippen MR) is 84.4 cm³/mol. The summed E-state index contributed by atoms with van der Waals surface area (Å²) in [5, 5.41) is 3.25. The minimum absolute atomic E-state index is 0.0698. The van der Waals surface area contributed by atoms with Gasteiger partial charge in [0.15, 0.2) is 0 Å². The van der Waals surface area contributed by atoms with E-state index >= 15 is 0 Å². The molecule has 1 heterocycles. The van der Waals surface area contributed by atoms with Gasteiger partial charge in [-0.25, -0.2) is 0 Å². The summed E-state index contributed by atoms with van der Waals surface area (Å²) in [7, 11) is 1.89. The Balaban J connectivity index is 1.88. The highest BCUT2D eigenvalue weighted by Gasteiger charge is 2.47. The summed E-state index contributed by atoms with van der Waals surface area (Å²) in [5.41, 5.74) is -0.457. The first-order valence-electron chi connectivity index (χ1n) is 8.47. The minimum atomic E-state index is -0.457. The number of nitrogens with zero attached hydrogens (tertiary/aromatic N) is 2. The molecule has 0 bridgehead atoms. The van der Waals surface area contributed by atoms with Gasteiger partial charge in [-0.1, -0.05) is 6.92 Å². The van der Waals surface area contributed by atoms with Gasteiger partial charge in [-0.2, -0.15) is 0 Å². The highest BCUT2D eigenvalue weighted by molar-refractivity contribution is 5.81. The second-order valence-corrected chi connectivity index (χ2v) is 6.33. The van der Waals surface area contributed by atoms with Gasteiger partial charge in [0.05, 0.1) is 6.61 Å². The molecule has 2 unspecified atom stereocenters. The number of carbonyl (C=O) groups excluding carboxylic acids is 1. The smallest absolute Gasteiger partial charge is 0.326 e. The molecule has 0 aromatic heterocycles. The molecule has 2 atom stereocenters. The van der Waals surface area contributed by atoms with E-state index in [9.17, 15) is 4.79 Å². The van der Waals surface area contributed by atoms with Crippen molar-refractivity contribution in [1.82, 2.24) is 15.1 Å². The van der Waals surface area contributed by atoms with Crippen LogP contribution < -0.4 is 5.32 Å². The zero-order chi connectivity index (χ0) is 15.3. The van der Waals surface area contributed by atoms with Crippen molar-refractivity contribution in [2.75, 3.05) is 46.4 Å². The third-order valence-corrected chi connectivity index (χ3v) is 5.10. The number of rotatable bonds is 6. The lowest BCUT2D eigenvalue weighted by Crippen LogP contribution is -2.53. The van der Waals surface area contributed by atoms with Crippen molar-refractivity contribution in [2.24, 2.45) is 0 Å². The Kier molecular flexibility index (Phi) is 6.02. The Morgan fingerprint density at radius 2 is 2.00 bits per heavy atom. The van der Waals surface area contributed by atoms with Crippen LogP contribution in [0.3, 0.4) is 0 Å². The van der Waals surface area contributed by atoms with Crippen LogP contribution in [0.1, 0.15) is 39.5 Å². The monoisotopic (exact) mass is 297 g/mol. The maximum absolute atomic E-state index is 12.3. The molecule has 2 aliphatic rings. The van der Waals surface area contributed by atoms with E-state index in [2.05, 4.69) is 22.0 Å². The Hall–Kier alpha value is -0.650. The van der Waals surface area contributed by atoms with Gasteiger partial charge in [-0.05, 0) is 46.2 Å². The van der Waals surface area contributed by atoms with E-state index in [1.54, 1.807) is 0 Å². The number of carbonyl (C=O) groups is 1. The van der Waals surface area contributed by atoms with E-state index in [-0.39, 0.29) is 5.97 Å². The predicted octanol–water partition coefficient (Wildman–Crippen LogP) is 1.09. The molecule has 5 heteroatoms. The minimum Gasteiger partial charge on any atom is -0.465 e. The third kappa shape index (κ3) is 3.76. The van der Waals surface area contributed by atoms with Gasteiger partial charge >= 0.3 is 5.97 Å². The average molecular weight is 297 g/mol. The fourth-order valence-corrected chi connectivity index (χ4v) is 3.78. The molecule has 0 amide bonds. The average Bonchev–Trinajstić information content (AvgIpc) is 2.94. The van der Waals surface area contributed by atoms with Crippen LogP contribution >= 0.6 is 0 Å². The van der Waals surface area contributed by atoms with Crippen molar-refractivity contribution < 1.29 is 9.53 Å². The maximum Gasteiger partial charge on any atom is 0.326 e. The molecule has 2 fully saturated rings. The summed E-state index contributed by atoms with van der Waals surface area (Å²) in [6, 6.07) is 0.519. The second-order valence-electron chi connectivity index (χ2n) is 6.33. The SMILES string of the molecule is CCCN1CCN(C2CCC(NC)(C(=O)OCC)C2)CC1. The van der Waals surface area contributed by atoms with Crippen LogP contribution in [-0.2, 0) is 9.53 Å². The van der Waals surface area contributed by atoms with Crippen molar-refractivity contribution in [1.29, 1.82) is 0 Å². The molecule has 1 saturated carbocycles. The largest absolute Gasteiger partial charge is 0.465 e. The van der Waals surface area contributed by atoms with Crippen molar-refractivity contribution in [3.63, 3.8) is 0 Å². The molecule has 1 aliphatic heterocycles. The third-order valence-electron chi connectivity index (χ3n) is 5.10. The topological polar surface area (TPSA) is 44.8 Å². The van der Waals surface area contributed by atoms with Crippen molar-refractivity contribution in [3.8, 4) is 0 Å². The lowest BCUT2D eigenvalue weighted by atomic mass is 9.97. The molecule has 0 aromatic rings. The molecule has 1 N–H and O–H groups in total. The number of ether oxygens (including phenoxy) is 1. The zero-order valence-corrected chi connectivity index (χ0v) is 13.9. The van der Waals surface area contributed by atoms with Crippen molar-refractivity contribution in [2.45, 2.75) is 51.1 Å². The first kappa shape index (κ1) is 16.7. The van der Waals surface area contributed by atoms with Crippen LogP contribution in [0.15, 0.2) is 0 Å². The van der Waals surface area contributed by atoms with E-state index in [0.717, 1.165) is 45.4 Å². The summed E-state index contributed by atoms with van der Waals surface area (Å²) in [4.78, 5) is 17.4. The van der Waals surface area contributed by atoms with Crippen LogP contribution in [0, 0.1) is 0 Å². The molecule has 5 nitrogen and oxygen atoms in total. The fraction of sp³-hybridized carbons (Fsp3) is 0.938. The summed E-state index contributed by atoms with van der Waals surface area (Å²) in [5.74, 6) is -0.0698. The van der Waals surface area contributed by atoms with E-state index in [0.29, 0.717) is 12.6 Å². The normalized spacial score (nSPS) is 31.5. The van der Waals surface area contributed by atoms with Gasteiger partial charge < -0.3 is 15.0 Å². The van der Waals surface area contributed by atoms with E-state index in [1.807, 2.05) is 14.0 Å². The number of likely N-dealkylation sites (N-methyl/N-ethyl adjacent to an activating group) is 1. The molecule has 2 rings (SSSR count). The lowest BCUT2D eigenvalue weighted by molar-refractivity contribution is -0.151.